The van der Waals surface area contributed by atoms with Gasteiger partial charge in [0.05, 0.1) is 18.0 Å². The number of methoxy groups -OCH3 is 1. The predicted octanol–water partition coefficient (Wildman–Crippen LogP) is 4.94. The third kappa shape index (κ3) is 5.32. The first-order chi connectivity index (χ1) is 15.9. The van der Waals surface area contributed by atoms with Gasteiger partial charge in [-0.2, -0.15) is 0 Å². The Labute approximate surface area is 210 Å². The van der Waals surface area contributed by atoms with Crippen molar-refractivity contribution in [2.24, 2.45) is 0 Å². The standard InChI is InChI=1S/C26H28N2O4S.ClH/c1-17(29)32-24-25(19-11-13-20(31-4)14-12-19)33-22-10-6-8-18-7-5-9-21(23(18)22)28(26(24)30)16-15-27(2)3;/h5-14,24-25H,15-16H2,1-4H3;1H/t24-,25+;/m1./s1. The molecule has 0 saturated carbocycles. The van der Waals surface area contributed by atoms with E-state index in [1.807, 2.05) is 61.5 Å². The lowest BCUT2D eigenvalue weighted by Gasteiger charge is -2.35. The fraction of sp³-hybridized carbons (Fsp3) is 0.308. The van der Waals surface area contributed by atoms with Gasteiger partial charge >= 0.3 is 5.97 Å². The smallest absolute Gasteiger partial charge is 0.303 e. The van der Waals surface area contributed by atoms with Crippen LogP contribution in [0.3, 0.4) is 0 Å². The largest absolute Gasteiger partial charge is 0.497 e. The fourth-order valence-corrected chi connectivity index (χ4v) is 5.43. The maximum absolute atomic E-state index is 14.0. The molecule has 0 N–H and O–H groups in total. The number of halogens is 1. The number of hydrogen-bond donors (Lipinski definition) is 0. The molecule has 1 heterocycles. The van der Waals surface area contributed by atoms with Gasteiger partial charge in [0.1, 0.15) is 5.75 Å². The molecule has 0 aliphatic carbocycles. The van der Waals surface area contributed by atoms with Crippen molar-refractivity contribution >= 4 is 52.5 Å². The molecule has 8 heteroatoms. The number of carbonyl (C=O) groups is 2. The van der Waals surface area contributed by atoms with E-state index >= 15 is 0 Å². The van der Waals surface area contributed by atoms with Crippen LogP contribution in [0.5, 0.6) is 5.75 Å². The molecule has 3 aromatic rings. The Bertz CT molecular complexity index is 1160. The van der Waals surface area contributed by atoms with Gasteiger partial charge in [-0.25, -0.2) is 0 Å². The van der Waals surface area contributed by atoms with Gasteiger partial charge in [-0.15, -0.1) is 24.2 Å². The summed E-state index contributed by atoms with van der Waals surface area (Å²) in [6.07, 6.45) is -0.966. The minimum absolute atomic E-state index is 0. The predicted molar refractivity (Wildman–Crippen MR) is 139 cm³/mol. The van der Waals surface area contributed by atoms with Crippen LogP contribution < -0.4 is 9.64 Å². The average Bonchev–Trinajstić information content (AvgIpc) is 2.80. The van der Waals surface area contributed by atoms with Crippen molar-refractivity contribution in [2.75, 3.05) is 39.2 Å². The number of thioether (sulfide) groups is 1. The molecule has 1 aliphatic rings. The van der Waals surface area contributed by atoms with Crippen molar-refractivity contribution in [3.05, 3.63) is 66.2 Å². The number of nitrogens with zero attached hydrogens (tertiary/aromatic N) is 2. The summed E-state index contributed by atoms with van der Waals surface area (Å²) in [6.45, 7) is 2.51. The Hall–Kier alpha value is -2.74. The van der Waals surface area contributed by atoms with Crippen LogP contribution in [0.4, 0.5) is 5.69 Å². The molecule has 180 valence electrons. The highest BCUT2D eigenvalue weighted by atomic mass is 35.5. The Kier molecular flexibility index (Phi) is 8.47. The minimum atomic E-state index is -0.966. The van der Waals surface area contributed by atoms with Crippen molar-refractivity contribution in [1.29, 1.82) is 0 Å². The molecule has 0 radical (unpaired) electrons. The molecule has 0 fully saturated rings. The van der Waals surface area contributed by atoms with E-state index in [4.69, 9.17) is 9.47 Å². The lowest BCUT2D eigenvalue weighted by Crippen LogP contribution is -2.46. The summed E-state index contributed by atoms with van der Waals surface area (Å²) in [4.78, 5) is 31.0. The second-order valence-electron chi connectivity index (χ2n) is 8.27. The summed E-state index contributed by atoms with van der Waals surface area (Å²) in [5.41, 5.74) is 1.73. The van der Waals surface area contributed by atoms with Gasteiger partial charge < -0.3 is 19.3 Å². The third-order valence-electron chi connectivity index (χ3n) is 5.68. The number of amides is 1. The van der Waals surface area contributed by atoms with Gasteiger partial charge in [0.15, 0.2) is 6.10 Å². The number of esters is 1. The molecule has 34 heavy (non-hydrogen) atoms. The topological polar surface area (TPSA) is 59.1 Å². The maximum atomic E-state index is 14.0. The van der Waals surface area contributed by atoms with Crippen LogP contribution >= 0.6 is 24.2 Å². The molecular weight excluding hydrogens is 472 g/mol. The molecule has 1 aliphatic heterocycles. The van der Waals surface area contributed by atoms with Gasteiger partial charge in [0.2, 0.25) is 0 Å². The van der Waals surface area contributed by atoms with E-state index in [2.05, 4.69) is 18.2 Å². The summed E-state index contributed by atoms with van der Waals surface area (Å²) >= 11 is 1.55. The lowest BCUT2D eigenvalue weighted by atomic mass is 10.0. The zero-order chi connectivity index (χ0) is 23.5. The quantitative estimate of drug-likeness (QED) is 0.447. The lowest BCUT2D eigenvalue weighted by molar-refractivity contribution is -0.152. The zero-order valence-electron chi connectivity index (χ0n) is 19.7. The van der Waals surface area contributed by atoms with Crippen LogP contribution in [0, 0.1) is 0 Å². The van der Waals surface area contributed by atoms with Gasteiger partial charge in [-0.05, 0) is 49.3 Å². The number of anilines is 1. The van der Waals surface area contributed by atoms with Crippen LogP contribution in [0.25, 0.3) is 10.8 Å². The molecule has 6 nitrogen and oxygen atoms in total. The summed E-state index contributed by atoms with van der Waals surface area (Å²) < 4.78 is 11.0. The van der Waals surface area contributed by atoms with Crippen LogP contribution in [0.2, 0.25) is 0 Å². The van der Waals surface area contributed by atoms with E-state index in [1.165, 1.54) is 6.92 Å². The first-order valence-corrected chi connectivity index (χ1v) is 11.7. The molecule has 0 unspecified atom stereocenters. The fourth-order valence-electron chi connectivity index (χ4n) is 4.07. The van der Waals surface area contributed by atoms with E-state index in [-0.39, 0.29) is 18.3 Å². The van der Waals surface area contributed by atoms with Crippen molar-refractivity contribution in [2.45, 2.75) is 23.2 Å². The Morgan fingerprint density at radius 1 is 1.06 bits per heavy atom. The molecule has 2 atom stereocenters. The summed E-state index contributed by atoms with van der Waals surface area (Å²) in [5, 5.41) is 1.70. The minimum Gasteiger partial charge on any atom is -0.497 e. The van der Waals surface area contributed by atoms with Gasteiger partial charge in [0.25, 0.3) is 5.91 Å². The number of hydrogen-bond acceptors (Lipinski definition) is 6. The van der Waals surface area contributed by atoms with Crippen LogP contribution in [0.15, 0.2) is 65.6 Å². The summed E-state index contributed by atoms with van der Waals surface area (Å²) in [7, 11) is 5.57. The van der Waals surface area contributed by atoms with Crippen LogP contribution in [0.1, 0.15) is 17.7 Å². The molecular formula is C26H29ClN2O4S. The molecule has 0 bridgehead atoms. The highest BCUT2D eigenvalue weighted by Crippen LogP contribution is 2.47. The Morgan fingerprint density at radius 3 is 2.35 bits per heavy atom. The maximum Gasteiger partial charge on any atom is 0.303 e. The van der Waals surface area contributed by atoms with E-state index in [0.29, 0.717) is 13.1 Å². The van der Waals surface area contributed by atoms with Gasteiger partial charge in [-0.1, -0.05) is 36.4 Å². The van der Waals surface area contributed by atoms with Crippen molar-refractivity contribution in [1.82, 2.24) is 4.90 Å². The summed E-state index contributed by atoms with van der Waals surface area (Å²) in [6, 6.07) is 19.7. The highest BCUT2D eigenvalue weighted by Gasteiger charge is 2.39. The SMILES string of the molecule is COc1ccc([C@@H]2Sc3cccc4cccc(c34)N(CCN(C)C)C(=O)[C@@H]2OC(C)=O)cc1.Cl. The van der Waals surface area contributed by atoms with Crippen molar-refractivity contribution in [3.63, 3.8) is 0 Å². The molecule has 0 spiro atoms. The van der Waals surface area contributed by atoms with Crippen molar-refractivity contribution < 1.29 is 19.1 Å². The van der Waals surface area contributed by atoms with Crippen molar-refractivity contribution in [3.8, 4) is 5.75 Å². The Balaban J connectivity index is 0.00000324. The zero-order valence-corrected chi connectivity index (χ0v) is 21.3. The number of rotatable bonds is 6. The van der Waals surface area contributed by atoms with Gasteiger partial charge in [0, 0.05) is 30.3 Å². The van der Waals surface area contributed by atoms with E-state index in [9.17, 15) is 9.59 Å². The monoisotopic (exact) mass is 500 g/mol. The Morgan fingerprint density at radius 2 is 1.74 bits per heavy atom. The number of ether oxygens (including phenoxy) is 2. The van der Waals surface area contributed by atoms with Crippen LogP contribution in [-0.2, 0) is 14.3 Å². The normalized spacial score (nSPS) is 17.7. The molecule has 1 amide bonds. The molecule has 0 aromatic heterocycles. The highest BCUT2D eigenvalue weighted by molar-refractivity contribution is 7.99. The first-order valence-electron chi connectivity index (χ1n) is 10.8. The third-order valence-corrected chi connectivity index (χ3v) is 7.05. The summed E-state index contributed by atoms with van der Waals surface area (Å²) in [5.74, 6) is 0.0273. The van der Waals surface area contributed by atoms with E-state index < -0.39 is 17.3 Å². The van der Waals surface area contributed by atoms with Gasteiger partial charge in [-0.3, -0.25) is 9.59 Å². The number of benzene rings is 3. The molecule has 0 saturated heterocycles. The van der Waals surface area contributed by atoms with E-state index in [1.54, 1.807) is 23.8 Å². The molecule has 3 aromatic carbocycles. The second kappa shape index (κ2) is 11.1. The van der Waals surface area contributed by atoms with Crippen LogP contribution in [-0.4, -0.2) is 57.2 Å². The van der Waals surface area contributed by atoms with E-state index in [0.717, 1.165) is 32.7 Å². The number of carbonyl (C=O) groups excluding carboxylic acids is 2. The molecule has 4 rings (SSSR count). The average molecular weight is 501 g/mol. The second-order valence-corrected chi connectivity index (χ2v) is 9.45. The number of likely N-dealkylation sites (N-methyl/N-ethyl adjacent to an activating group) is 1. The first kappa shape index (κ1) is 25.9.